The number of nitrogens with zero attached hydrogens (tertiary/aromatic N) is 2. The summed E-state index contributed by atoms with van der Waals surface area (Å²) in [7, 11) is 0. The molecule has 0 saturated carbocycles. The number of rotatable bonds is 1. The Morgan fingerprint density at radius 2 is 1.67 bits per heavy atom. The van der Waals surface area contributed by atoms with E-state index in [1.807, 2.05) is 15.9 Å². The van der Waals surface area contributed by atoms with Gasteiger partial charge in [-0.25, -0.2) is 0 Å². The second-order valence-electron chi connectivity index (χ2n) is 7.03. The number of hydrogen-bond donors (Lipinski definition) is 0. The fraction of sp³-hybridized carbons (Fsp3) is 0.556. The Labute approximate surface area is 141 Å². The number of piperidine rings is 1. The van der Waals surface area contributed by atoms with Gasteiger partial charge in [-0.3, -0.25) is 9.59 Å². The quantitative estimate of drug-likeness (QED) is 0.784. The molecule has 24 heavy (non-hydrogen) atoms. The molecule has 0 atom stereocenters. The molecule has 3 heterocycles. The molecule has 0 aromatic heterocycles. The molecule has 0 unspecified atom stereocenters. The molecule has 128 valence electrons. The lowest BCUT2D eigenvalue weighted by Crippen LogP contribution is -2.62. The zero-order valence-electron chi connectivity index (χ0n) is 13.9. The fourth-order valence-electron chi connectivity index (χ4n) is 3.88. The van der Waals surface area contributed by atoms with E-state index in [4.69, 9.17) is 9.47 Å². The summed E-state index contributed by atoms with van der Waals surface area (Å²) in [5, 5.41) is 0. The Morgan fingerprint density at radius 1 is 1.00 bits per heavy atom. The normalized spacial score (nSPS) is 21.4. The maximum Gasteiger partial charge on any atom is 0.254 e. The van der Waals surface area contributed by atoms with Crippen LogP contribution in [-0.4, -0.2) is 61.0 Å². The van der Waals surface area contributed by atoms with Gasteiger partial charge in [-0.05, 0) is 31.0 Å². The van der Waals surface area contributed by atoms with E-state index in [-0.39, 0.29) is 17.2 Å². The van der Waals surface area contributed by atoms with Crippen molar-refractivity contribution in [3.8, 4) is 11.5 Å². The number of benzene rings is 1. The van der Waals surface area contributed by atoms with Gasteiger partial charge in [-0.15, -0.1) is 0 Å². The van der Waals surface area contributed by atoms with Crippen molar-refractivity contribution in [2.24, 2.45) is 5.41 Å². The molecule has 0 bridgehead atoms. The van der Waals surface area contributed by atoms with Crippen LogP contribution in [0.2, 0.25) is 0 Å². The van der Waals surface area contributed by atoms with E-state index in [0.717, 1.165) is 39.0 Å². The van der Waals surface area contributed by atoms with Crippen LogP contribution < -0.4 is 9.47 Å². The summed E-state index contributed by atoms with van der Waals surface area (Å²) in [5.74, 6) is 1.55. The van der Waals surface area contributed by atoms with E-state index in [1.165, 1.54) is 0 Å². The lowest BCUT2D eigenvalue weighted by molar-refractivity contribution is -0.133. The van der Waals surface area contributed by atoms with Crippen LogP contribution >= 0.6 is 0 Å². The van der Waals surface area contributed by atoms with Crippen LogP contribution in [0.25, 0.3) is 0 Å². The van der Waals surface area contributed by atoms with Crippen molar-refractivity contribution in [3.05, 3.63) is 23.8 Å². The van der Waals surface area contributed by atoms with E-state index in [2.05, 4.69) is 0 Å². The van der Waals surface area contributed by atoms with E-state index in [0.29, 0.717) is 30.3 Å². The van der Waals surface area contributed by atoms with Crippen LogP contribution in [0.4, 0.5) is 0 Å². The van der Waals surface area contributed by atoms with Crippen LogP contribution in [0.15, 0.2) is 18.2 Å². The Balaban J connectivity index is 1.39. The molecule has 0 N–H and O–H groups in total. The largest absolute Gasteiger partial charge is 0.486 e. The van der Waals surface area contributed by atoms with Crippen molar-refractivity contribution in [1.29, 1.82) is 0 Å². The second-order valence-corrected chi connectivity index (χ2v) is 7.03. The van der Waals surface area contributed by atoms with E-state index in [9.17, 15) is 9.59 Å². The van der Waals surface area contributed by atoms with Gasteiger partial charge >= 0.3 is 0 Å². The van der Waals surface area contributed by atoms with Crippen molar-refractivity contribution in [1.82, 2.24) is 9.80 Å². The number of hydrogen-bond acceptors (Lipinski definition) is 4. The highest BCUT2D eigenvalue weighted by molar-refractivity contribution is 5.95. The molecular weight excluding hydrogens is 308 g/mol. The molecule has 2 saturated heterocycles. The maximum atomic E-state index is 12.7. The van der Waals surface area contributed by atoms with E-state index in [1.54, 1.807) is 19.1 Å². The monoisotopic (exact) mass is 330 g/mol. The van der Waals surface area contributed by atoms with E-state index >= 15 is 0 Å². The highest BCUT2D eigenvalue weighted by Crippen LogP contribution is 2.41. The van der Waals surface area contributed by atoms with Gasteiger partial charge in [0.1, 0.15) is 13.2 Å². The summed E-state index contributed by atoms with van der Waals surface area (Å²) in [6.07, 6.45) is 1.97. The van der Waals surface area contributed by atoms with Crippen molar-refractivity contribution in [3.63, 3.8) is 0 Å². The summed E-state index contributed by atoms with van der Waals surface area (Å²) in [6, 6.07) is 5.39. The summed E-state index contributed by atoms with van der Waals surface area (Å²) < 4.78 is 11.1. The first-order valence-electron chi connectivity index (χ1n) is 8.51. The lowest BCUT2D eigenvalue weighted by atomic mass is 9.71. The van der Waals surface area contributed by atoms with E-state index < -0.39 is 0 Å². The number of amides is 2. The third kappa shape index (κ3) is 2.60. The molecule has 1 spiro atoms. The minimum Gasteiger partial charge on any atom is -0.486 e. The first-order valence-corrected chi connectivity index (χ1v) is 8.51. The molecule has 6 heteroatoms. The molecule has 3 aliphatic rings. The van der Waals surface area contributed by atoms with Crippen molar-refractivity contribution >= 4 is 11.8 Å². The topological polar surface area (TPSA) is 59.1 Å². The predicted molar refractivity (Wildman–Crippen MR) is 87.3 cm³/mol. The number of fused-ring (bicyclic) bond motifs is 1. The number of ether oxygens (including phenoxy) is 2. The predicted octanol–water partition coefficient (Wildman–Crippen LogP) is 1.54. The average molecular weight is 330 g/mol. The summed E-state index contributed by atoms with van der Waals surface area (Å²) >= 11 is 0. The molecule has 2 fully saturated rings. The Kier molecular flexibility index (Phi) is 3.62. The fourth-order valence-corrected chi connectivity index (χ4v) is 3.88. The molecule has 4 rings (SSSR count). The van der Waals surface area contributed by atoms with Crippen LogP contribution in [-0.2, 0) is 4.79 Å². The lowest BCUT2D eigenvalue weighted by Gasteiger charge is -2.53. The van der Waals surface area contributed by atoms with Crippen molar-refractivity contribution in [2.45, 2.75) is 19.8 Å². The van der Waals surface area contributed by atoms with Crippen LogP contribution in [0.1, 0.15) is 30.1 Å². The number of carbonyl (C=O) groups is 2. The smallest absolute Gasteiger partial charge is 0.254 e. The molecule has 1 aromatic carbocycles. The summed E-state index contributed by atoms with van der Waals surface area (Å²) in [5.41, 5.74) is 0.852. The average Bonchev–Trinajstić information content (AvgIpc) is 2.58. The first kappa shape index (κ1) is 15.3. The van der Waals surface area contributed by atoms with Crippen molar-refractivity contribution in [2.75, 3.05) is 39.4 Å². The molecular formula is C18H22N2O4. The number of carbonyl (C=O) groups excluding carboxylic acids is 2. The minimum atomic E-state index is 0.0478. The van der Waals surface area contributed by atoms with Gasteiger partial charge in [0.25, 0.3) is 5.91 Å². The number of likely N-dealkylation sites (tertiary alicyclic amines) is 2. The molecule has 0 radical (unpaired) electrons. The highest BCUT2D eigenvalue weighted by atomic mass is 16.6. The molecule has 6 nitrogen and oxygen atoms in total. The third-order valence-corrected chi connectivity index (χ3v) is 5.40. The van der Waals surface area contributed by atoms with Crippen LogP contribution in [0.3, 0.4) is 0 Å². The standard InChI is InChI=1S/C18H22N2O4/c1-13(21)19-6-4-18(5-7-19)11-20(12-18)17(22)14-2-3-15-16(10-14)24-9-8-23-15/h2-3,10H,4-9,11-12H2,1H3. The second kappa shape index (κ2) is 5.69. The minimum absolute atomic E-state index is 0.0478. The van der Waals surface area contributed by atoms with Gasteiger partial charge in [-0.1, -0.05) is 0 Å². The molecule has 3 aliphatic heterocycles. The zero-order chi connectivity index (χ0) is 16.7. The highest BCUT2D eigenvalue weighted by Gasteiger charge is 2.47. The van der Waals surface area contributed by atoms with Crippen molar-refractivity contribution < 1.29 is 19.1 Å². The summed E-state index contributed by atoms with van der Waals surface area (Å²) in [6.45, 7) is 5.87. The maximum absolute atomic E-state index is 12.7. The molecule has 2 amide bonds. The Hall–Kier alpha value is -2.24. The van der Waals surface area contributed by atoms with Gasteiger partial charge in [-0.2, -0.15) is 0 Å². The van der Waals surface area contributed by atoms with Gasteiger partial charge in [0.05, 0.1) is 0 Å². The van der Waals surface area contributed by atoms with Gasteiger partial charge in [0.2, 0.25) is 5.91 Å². The SMILES string of the molecule is CC(=O)N1CCC2(CC1)CN(C(=O)c1ccc3c(c1)OCCO3)C2. The van der Waals surface area contributed by atoms with Gasteiger partial charge < -0.3 is 19.3 Å². The first-order chi connectivity index (χ1) is 11.6. The Bertz CT molecular complexity index is 672. The summed E-state index contributed by atoms with van der Waals surface area (Å²) in [4.78, 5) is 27.9. The van der Waals surface area contributed by atoms with Gasteiger partial charge in [0, 0.05) is 44.1 Å². The van der Waals surface area contributed by atoms with Gasteiger partial charge in [0.15, 0.2) is 11.5 Å². The molecule has 0 aliphatic carbocycles. The zero-order valence-corrected chi connectivity index (χ0v) is 13.9. The molecule has 1 aromatic rings. The van der Waals surface area contributed by atoms with Crippen LogP contribution in [0.5, 0.6) is 11.5 Å². The Morgan fingerprint density at radius 3 is 2.33 bits per heavy atom. The third-order valence-electron chi connectivity index (χ3n) is 5.40. The van der Waals surface area contributed by atoms with Crippen LogP contribution in [0, 0.1) is 5.41 Å².